The van der Waals surface area contributed by atoms with E-state index in [4.69, 9.17) is 15.6 Å². The number of hydrogen-bond acceptors (Lipinski definition) is 4. The summed E-state index contributed by atoms with van der Waals surface area (Å²) in [6.45, 7) is 1.74. The number of carbonyl (C=O) groups is 3. The zero-order chi connectivity index (χ0) is 14.3. The molecular weight excluding hydrogens is 254 g/mol. The van der Waals surface area contributed by atoms with Gasteiger partial charge in [0.15, 0.2) is 0 Å². The van der Waals surface area contributed by atoms with Crippen molar-refractivity contribution in [1.29, 1.82) is 0 Å². The first-order valence-electron chi connectivity index (χ1n) is 6.12. The number of nitrogens with one attached hydrogen (secondary N) is 2. The van der Waals surface area contributed by atoms with E-state index in [1.54, 1.807) is 0 Å². The van der Waals surface area contributed by atoms with Gasteiger partial charge in [0.1, 0.15) is 6.04 Å². The SMILES string of the molecule is NC(=O)C[C@H](NC(=O)NCC1CCCOC1)C(=O)O. The fourth-order valence-corrected chi connectivity index (χ4v) is 1.82. The molecular formula is C11H19N3O5. The van der Waals surface area contributed by atoms with Crippen LogP contribution >= 0.6 is 0 Å². The van der Waals surface area contributed by atoms with Crippen molar-refractivity contribution in [2.45, 2.75) is 25.3 Å². The smallest absolute Gasteiger partial charge is 0.326 e. The Hall–Kier alpha value is -1.83. The molecule has 1 fully saturated rings. The largest absolute Gasteiger partial charge is 0.480 e. The maximum atomic E-state index is 11.5. The Morgan fingerprint density at radius 1 is 1.42 bits per heavy atom. The summed E-state index contributed by atoms with van der Waals surface area (Å²) in [4.78, 5) is 33.0. The van der Waals surface area contributed by atoms with Gasteiger partial charge in [-0.2, -0.15) is 0 Å². The number of carboxylic acid groups (broad SMARTS) is 1. The van der Waals surface area contributed by atoms with Crippen LogP contribution in [0.4, 0.5) is 4.79 Å². The van der Waals surface area contributed by atoms with Crippen LogP contribution in [0, 0.1) is 5.92 Å². The summed E-state index contributed by atoms with van der Waals surface area (Å²) in [5.74, 6) is -1.85. The monoisotopic (exact) mass is 273 g/mol. The van der Waals surface area contributed by atoms with Gasteiger partial charge in [0.2, 0.25) is 5.91 Å². The zero-order valence-electron chi connectivity index (χ0n) is 10.6. The Balaban J connectivity index is 2.31. The Morgan fingerprint density at radius 2 is 2.16 bits per heavy atom. The van der Waals surface area contributed by atoms with Gasteiger partial charge in [-0.15, -0.1) is 0 Å². The maximum Gasteiger partial charge on any atom is 0.326 e. The van der Waals surface area contributed by atoms with Crippen LogP contribution in [0.25, 0.3) is 0 Å². The van der Waals surface area contributed by atoms with Crippen molar-refractivity contribution in [3.63, 3.8) is 0 Å². The third-order valence-electron chi connectivity index (χ3n) is 2.81. The van der Waals surface area contributed by atoms with Gasteiger partial charge in [0.05, 0.1) is 13.0 Å². The average molecular weight is 273 g/mol. The van der Waals surface area contributed by atoms with Crippen LogP contribution in [0.5, 0.6) is 0 Å². The summed E-state index contributed by atoms with van der Waals surface area (Å²) < 4.78 is 5.26. The fraction of sp³-hybridized carbons (Fsp3) is 0.727. The minimum absolute atomic E-state index is 0.235. The molecule has 2 atom stereocenters. The lowest BCUT2D eigenvalue weighted by Gasteiger charge is -2.22. The lowest BCUT2D eigenvalue weighted by molar-refractivity contribution is -0.140. The molecule has 108 valence electrons. The molecule has 1 saturated heterocycles. The van der Waals surface area contributed by atoms with Crippen LogP contribution in [0.1, 0.15) is 19.3 Å². The lowest BCUT2D eigenvalue weighted by Crippen LogP contribution is -2.48. The predicted octanol–water partition coefficient (Wildman–Crippen LogP) is -0.959. The number of primary amides is 1. The molecule has 0 aromatic rings. The molecule has 1 aliphatic rings. The normalized spacial score (nSPS) is 20.3. The summed E-state index contributed by atoms with van der Waals surface area (Å²) in [5.41, 5.74) is 4.91. The molecule has 0 radical (unpaired) electrons. The van der Waals surface area contributed by atoms with E-state index >= 15 is 0 Å². The quantitative estimate of drug-likeness (QED) is 0.495. The van der Waals surface area contributed by atoms with E-state index in [-0.39, 0.29) is 5.92 Å². The molecule has 1 aliphatic heterocycles. The first kappa shape index (κ1) is 15.2. The molecule has 0 bridgehead atoms. The van der Waals surface area contributed by atoms with Gasteiger partial charge >= 0.3 is 12.0 Å². The van der Waals surface area contributed by atoms with Crippen LogP contribution in [0.2, 0.25) is 0 Å². The Labute approximate surface area is 110 Å². The second kappa shape index (κ2) is 7.57. The predicted molar refractivity (Wildman–Crippen MR) is 65.3 cm³/mol. The summed E-state index contributed by atoms with van der Waals surface area (Å²) in [6, 6.07) is -1.93. The second-order valence-corrected chi connectivity index (χ2v) is 4.50. The van der Waals surface area contributed by atoms with E-state index in [1.165, 1.54) is 0 Å². The van der Waals surface area contributed by atoms with Crippen LogP contribution in [-0.2, 0) is 14.3 Å². The van der Waals surface area contributed by atoms with Gasteiger partial charge in [0, 0.05) is 13.2 Å². The Bertz CT molecular complexity index is 341. The third kappa shape index (κ3) is 6.05. The number of carbonyl (C=O) groups excluding carboxylic acids is 2. The molecule has 1 heterocycles. The highest BCUT2D eigenvalue weighted by molar-refractivity contribution is 5.87. The van der Waals surface area contributed by atoms with Gasteiger partial charge in [-0.25, -0.2) is 9.59 Å². The number of amides is 3. The van der Waals surface area contributed by atoms with Crippen LogP contribution in [-0.4, -0.2) is 48.8 Å². The van der Waals surface area contributed by atoms with Crippen molar-refractivity contribution in [3.8, 4) is 0 Å². The van der Waals surface area contributed by atoms with Gasteiger partial charge < -0.3 is 26.2 Å². The van der Waals surface area contributed by atoms with Gasteiger partial charge in [-0.1, -0.05) is 0 Å². The Kier molecular flexibility index (Phi) is 6.07. The topological polar surface area (TPSA) is 131 Å². The van der Waals surface area contributed by atoms with Gasteiger partial charge in [-0.05, 0) is 18.8 Å². The molecule has 1 unspecified atom stereocenters. The molecule has 5 N–H and O–H groups in total. The molecule has 8 heteroatoms. The minimum atomic E-state index is -1.31. The first-order valence-corrected chi connectivity index (χ1v) is 6.12. The van der Waals surface area contributed by atoms with E-state index < -0.39 is 30.4 Å². The number of rotatable bonds is 6. The highest BCUT2D eigenvalue weighted by Gasteiger charge is 2.22. The minimum Gasteiger partial charge on any atom is -0.480 e. The van der Waals surface area contributed by atoms with E-state index in [9.17, 15) is 14.4 Å². The van der Waals surface area contributed by atoms with Crippen molar-refractivity contribution in [2.24, 2.45) is 11.7 Å². The summed E-state index contributed by atoms with van der Waals surface area (Å²) in [5, 5.41) is 13.6. The number of carboxylic acids is 1. The first-order chi connectivity index (χ1) is 8.99. The zero-order valence-corrected chi connectivity index (χ0v) is 10.6. The molecule has 0 saturated carbocycles. The molecule has 19 heavy (non-hydrogen) atoms. The van der Waals surface area contributed by atoms with E-state index in [0.29, 0.717) is 13.2 Å². The van der Waals surface area contributed by atoms with Gasteiger partial charge in [-0.3, -0.25) is 4.79 Å². The standard InChI is InChI=1S/C11H19N3O5/c12-9(15)4-8(10(16)17)14-11(18)13-5-7-2-1-3-19-6-7/h7-8H,1-6H2,(H2,12,15)(H,16,17)(H2,13,14,18)/t7?,8-/m0/s1. The van der Waals surface area contributed by atoms with Crippen LogP contribution in [0.3, 0.4) is 0 Å². The molecule has 0 spiro atoms. The maximum absolute atomic E-state index is 11.5. The lowest BCUT2D eigenvalue weighted by atomic mass is 10.0. The third-order valence-corrected chi connectivity index (χ3v) is 2.81. The number of hydrogen-bond donors (Lipinski definition) is 4. The van der Waals surface area contributed by atoms with Crippen LogP contribution in [0.15, 0.2) is 0 Å². The number of aliphatic carboxylic acids is 1. The molecule has 0 aliphatic carbocycles. The van der Waals surface area contributed by atoms with E-state index in [0.717, 1.165) is 19.4 Å². The highest BCUT2D eigenvalue weighted by Crippen LogP contribution is 2.11. The molecule has 8 nitrogen and oxygen atoms in total. The highest BCUT2D eigenvalue weighted by atomic mass is 16.5. The molecule has 0 aromatic heterocycles. The van der Waals surface area contributed by atoms with Crippen molar-refractivity contribution in [1.82, 2.24) is 10.6 Å². The average Bonchev–Trinajstić information content (AvgIpc) is 2.36. The number of urea groups is 1. The van der Waals surface area contributed by atoms with Gasteiger partial charge in [0.25, 0.3) is 0 Å². The Morgan fingerprint density at radius 3 is 2.68 bits per heavy atom. The molecule has 3 amide bonds. The summed E-state index contributed by atoms with van der Waals surface area (Å²) >= 11 is 0. The van der Waals surface area contributed by atoms with E-state index in [1.807, 2.05) is 0 Å². The van der Waals surface area contributed by atoms with Crippen molar-refractivity contribution < 1.29 is 24.2 Å². The second-order valence-electron chi connectivity index (χ2n) is 4.50. The number of nitrogens with two attached hydrogens (primary N) is 1. The summed E-state index contributed by atoms with van der Waals surface area (Å²) in [6.07, 6.45) is 1.48. The fourth-order valence-electron chi connectivity index (χ4n) is 1.82. The van der Waals surface area contributed by atoms with Crippen molar-refractivity contribution >= 4 is 17.9 Å². The van der Waals surface area contributed by atoms with Crippen LogP contribution < -0.4 is 16.4 Å². The van der Waals surface area contributed by atoms with Crippen molar-refractivity contribution in [2.75, 3.05) is 19.8 Å². The molecule has 0 aromatic carbocycles. The molecule has 1 rings (SSSR count). The van der Waals surface area contributed by atoms with E-state index in [2.05, 4.69) is 10.6 Å². The number of ether oxygens (including phenoxy) is 1. The summed E-state index contributed by atoms with van der Waals surface area (Å²) in [7, 11) is 0. The van der Waals surface area contributed by atoms with Crippen molar-refractivity contribution in [3.05, 3.63) is 0 Å².